The monoisotopic (exact) mass is 342 g/mol. The van der Waals surface area contributed by atoms with E-state index in [-0.39, 0.29) is 0 Å². The first-order valence-corrected chi connectivity index (χ1v) is 9.05. The first-order chi connectivity index (χ1) is 12.3. The minimum absolute atomic E-state index is 0.864. The SMILES string of the molecule is CCN(CCCNC(=NC)NCCCn1cccn1)c1ccccc1. The zero-order valence-electron chi connectivity index (χ0n) is 15.4. The average molecular weight is 342 g/mol. The van der Waals surface area contributed by atoms with E-state index < -0.39 is 0 Å². The summed E-state index contributed by atoms with van der Waals surface area (Å²) < 4.78 is 1.95. The lowest BCUT2D eigenvalue weighted by molar-refractivity contribution is 0.570. The normalized spacial score (nSPS) is 11.4. The highest BCUT2D eigenvalue weighted by Gasteiger charge is 2.03. The van der Waals surface area contributed by atoms with Crippen LogP contribution in [0.1, 0.15) is 19.8 Å². The second-order valence-electron chi connectivity index (χ2n) is 5.82. The summed E-state index contributed by atoms with van der Waals surface area (Å²) in [5.74, 6) is 0.864. The third-order valence-electron chi connectivity index (χ3n) is 4.04. The lowest BCUT2D eigenvalue weighted by Gasteiger charge is -2.23. The van der Waals surface area contributed by atoms with Crippen LogP contribution in [-0.2, 0) is 6.54 Å². The molecule has 0 amide bonds. The predicted octanol–water partition coefficient (Wildman–Crippen LogP) is 2.35. The van der Waals surface area contributed by atoms with Gasteiger partial charge in [0.25, 0.3) is 0 Å². The van der Waals surface area contributed by atoms with Crippen LogP contribution in [0.2, 0.25) is 0 Å². The van der Waals surface area contributed by atoms with Gasteiger partial charge in [0, 0.05) is 57.9 Å². The van der Waals surface area contributed by atoms with Crippen molar-refractivity contribution in [3.63, 3.8) is 0 Å². The van der Waals surface area contributed by atoms with Gasteiger partial charge in [0.1, 0.15) is 0 Å². The molecular weight excluding hydrogens is 312 g/mol. The summed E-state index contributed by atoms with van der Waals surface area (Å²) in [7, 11) is 1.81. The Bertz CT molecular complexity index is 594. The van der Waals surface area contributed by atoms with E-state index in [0.29, 0.717) is 0 Å². The van der Waals surface area contributed by atoms with E-state index >= 15 is 0 Å². The third kappa shape index (κ3) is 6.87. The number of nitrogens with zero attached hydrogens (tertiary/aromatic N) is 4. The summed E-state index contributed by atoms with van der Waals surface area (Å²) in [6, 6.07) is 12.5. The maximum Gasteiger partial charge on any atom is 0.190 e. The maximum atomic E-state index is 4.28. The number of aryl methyl sites for hydroxylation is 1. The molecule has 136 valence electrons. The van der Waals surface area contributed by atoms with Gasteiger partial charge in [-0.15, -0.1) is 0 Å². The molecule has 0 fully saturated rings. The molecule has 2 aromatic rings. The number of benzene rings is 1. The van der Waals surface area contributed by atoms with Crippen molar-refractivity contribution in [1.82, 2.24) is 20.4 Å². The number of nitrogens with one attached hydrogen (secondary N) is 2. The molecule has 0 spiro atoms. The van der Waals surface area contributed by atoms with E-state index in [4.69, 9.17) is 0 Å². The van der Waals surface area contributed by atoms with Crippen LogP contribution in [0.25, 0.3) is 0 Å². The quantitative estimate of drug-likeness (QED) is 0.395. The fraction of sp³-hybridized carbons (Fsp3) is 0.474. The number of guanidine groups is 1. The molecule has 0 bridgehead atoms. The number of hydrogen-bond donors (Lipinski definition) is 2. The van der Waals surface area contributed by atoms with Crippen molar-refractivity contribution >= 4 is 11.6 Å². The van der Waals surface area contributed by atoms with Crippen LogP contribution in [0, 0.1) is 0 Å². The molecule has 6 nitrogen and oxygen atoms in total. The van der Waals surface area contributed by atoms with Crippen molar-refractivity contribution in [2.45, 2.75) is 26.3 Å². The molecule has 0 unspecified atom stereocenters. The summed E-state index contributed by atoms with van der Waals surface area (Å²) in [4.78, 5) is 6.67. The van der Waals surface area contributed by atoms with Crippen LogP contribution in [0.15, 0.2) is 53.8 Å². The molecule has 0 saturated heterocycles. The van der Waals surface area contributed by atoms with Gasteiger partial charge < -0.3 is 15.5 Å². The Balaban J connectivity index is 1.60. The Hall–Kier alpha value is -2.50. The fourth-order valence-electron chi connectivity index (χ4n) is 2.69. The van der Waals surface area contributed by atoms with Crippen molar-refractivity contribution < 1.29 is 0 Å². The topological polar surface area (TPSA) is 57.5 Å². The smallest absolute Gasteiger partial charge is 0.190 e. The van der Waals surface area contributed by atoms with Gasteiger partial charge in [0.15, 0.2) is 5.96 Å². The second kappa shape index (κ2) is 11.1. The van der Waals surface area contributed by atoms with Crippen LogP contribution < -0.4 is 15.5 Å². The van der Waals surface area contributed by atoms with Crippen LogP contribution in [0.4, 0.5) is 5.69 Å². The zero-order valence-corrected chi connectivity index (χ0v) is 15.4. The lowest BCUT2D eigenvalue weighted by Crippen LogP contribution is -2.39. The Kier molecular flexibility index (Phi) is 8.38. The predicted molar refractivity (Wildman–Crippen MR) is 105 cm³/mol. The van der Waals surface area contributed by atoms with E-state index in [1.54, 1.807) is 0 Å². The Labute approximate surface area is 151 Å². The minimum atomic E-state index is 0.864. The highest BCUT2D eigenvalue weighted by atomic mass is 15.3. The van der Waals surface area contributed by atoms with E-state index in [0.717, 1.165) is 51.5 Å². The van der Waals surface area contributed by atoms with Crippen molar-refractivity contribution in [1.29, 1.82) is 0 Å². The molecule has 25 heavy (non-hydrogen) atoms. The lowest BCUT2D eigenvalue weighted by atomic mass is 10.2. The van der Waals surface area contributed by atoms with E-state index in [1.165, 1.54) is 5.69 Å². The molecule has 0 aliphatic rings. The first kappa shape index (κ1) is 18.8. The number of aromatic nitrogens is 2. The van der Waals surface area contributed by atoms with E-state index in [1.807, 2.05) is 30.2 Å². The summed E-state index contributed by atoms with van der Waals surface area (Å²) in [5, 5.41) is 10.9. The molecule has 0 aliphatic carbocycles. The minimum Gasteiger partial charge on any atom is -0.372 e. The summed E-state index contributed by atoms with van der Waals surface area (Å²) >= 11 is 0. The largest absolute Gasteiger partial charge is 0.372 e. The number of hydrogen-bond acceptors (Lipinski definition) is 3. The van der Waals surface area contributed by atoms with Crippen LogP contribution >= 0.6 is 0 Å². The molecule has 0 radical (unpaired) electrons. The molecule has 1 aromatic carbocycles. The maximum absolute atomic E-state index is 4.28. The summed E-state index contributed by atoms with van der Waals surface area (Å²) in [5.41, 5.74) is 1.28. The van der Waals surface area contributed by atoms with E-state index in [2.05, 4.69) is 62.9 Å². The standard InChI is InChI=1S/C19H30N6/c1-3-24(18-10-5-4-6-11-18)15-7-12-21-19(20-2)22-13-8-16-25-17-9-14-23-25/h4-6,9-11,14,17H,3,7-8,12-13,15-16H2,1-2H3,(H2,20,21,22). The Morgan fingerprint density at radius 3 is 2.52 bits per heavy atom. The van der Waals surface area contributed by atoms with Gasteiger partial charge in [-0.25, -0.2) is 0 Å². The molecule has 1 aromatic heterocycles. The Morgan fingerprint density at radius 2 is 1.88 bits per heavy atom. The van der Waals surface area contributed by atoms with Crippen molar-refractivity contribution in [2.24, 2.45) is 4.99 Å². The second-order valence-corrected chi connectivity index (χ2v) is 5.82. The van der Waals surface area contributed by atoms with Gasteiger partial charge in [-0.05, 0) is 38.0 Å². The average Bonchev–Trinajstić information content (AvgIpc) is 3.17. The van der Waals surface area contributed by atoms with Crippen molar-refractivity contribution in [2.75, 3.05) is 38.1 Å². The van der Waals surface area contributed by atoms with Gasteiger partial charge >= 0.3 is 0 Å². The van der Waals surface area contributed by atoms with Crippen LogP contribution in [0.5, 0.6) is 0 Å². The van der Waals surface area contributed by atoms with Crippen LogP contribution in [-0.4, -0.2) is 49.0 Å². The van der Waals surface area contributed by atoms with E-state index in [9.17, 15) is 0 Å². The van der Waals surface area contributed by atoms with Gasteiger partial charge in [-0.3, -0.25) is 9.67 Å². The zero-order chi connectivity index (χ0) is 17.7. The summed E-state index contributed by atoms with van der Waals surface area (Å²) in [6.07, 6.45) is 5.87. The molecule has 0 atom stereocenters. The highest BCUT2D eigenvalue weighted by Crippen LogP contribution is 2.12. The van der Waals surface area contributed by atoms with Gasteiger partial charge in [0.2, 0.25) is 0 Å². The summed E-state index contributed by atoms with van der Waals surface area (Å²) in [6.45, 7) is 6.95. The van der Waals surface area contributed by atoms with Gasteiger partial charge in [0.05, 0.1) is 0 Å². The number of rotatable bonds is 10. The Morgan fingerprint density at radius 1 is 1.12 bits per heavy atom. The molecule has 1 heterocycles. The first-order valence-electron chi connectivity index (χ1n) is 9.05. The molecule has 0 saturated carbocycles. The number of anilines is 1. The number of para-hydroxylation sites is 1. The molecule has 2 N–H and O–H groups in total. The molecule has 6 heteroatoms. The van der Waals surface area contributed by atoms with Gasteiger partial charge in [-0.2, -0.15) is 5.10 Å². The molecule has 2 rings (SSSR count). The fourth-order valence-corrected chi connectivity index (χ4v) is 2.69. The van der Waals surface area contributed by atoms with Crippen molar-refractivity contribution in [3.8, 4) is 0 Å². The molecule has 0 aliphatic heterocycles. The van der Waals surface area contributed by atoms with Crippen LogP contribution in [0.3, 0.4) is 0 Å². The number of aliphatic imine (C=N–C) groups is 1. The third-order valence-corrected chi connectivity index (χ3v) is 4.04. The van der Waals surface area contributed by atoms with Gasteiger partial charge in [-0.1, -0.05) is 18.2 Å². The van der Waals surface area contributed by atoms with Crippen molar-refractivity contribution in [3.05, 3.63) is 48.8 Å². The molecular formula is C19H30N6. The highest BCUT2D eigenvalue weighted by molar-refractivity contribution is 5.79.